The third kappa shape index (κ3) is 6.14. The number of thioether (sulfide) groups is 1. The molecule has 2 aliphatic rings. The fraction of sp³-hybridized carbons (Fsp3) is 0.184. The van der Waals surface area contributed by atoms with E-state index in [9.17, 15) is 24.3 Å². The minimum atomic E-state index is -1.93. The van der Waals surface area contributed by atoms with Crippen molar-refractivity contribution in [2.45, 2.75) is 23.6 Å². The molecule has 0 aromatic heterocycles. The number of esters is 1. The van der Waals surface area contributed by atoms with Crippen molar-refractivity contribution < 1.29 is 38.6 Å². The zero-order valence-corrected chi connectivity index (χ0v) is 28.0. The number of carbonyl (C=O) groups is 4. The van der Waals surface area contributed by atoms with Crippen LogP contribution in [0.3, 0.4) is 0 Å². The van der Waals surface area contributed by atoms with E-state index < -0.39 is 40.5 Å². The minimum Gasteiger partial charge on any atom is -0.477 e. The highest BCUT2D eigenvalue weighted by Crippen LogP contribution is 2.47. The molecule has 0 radical (unpaired) electrons. The first-order valence-electron chi connectivity index (χ1n) is 15.6. The van der Waals surface area contributed by atoms with E-state index in [2.05, 4.69) is 10.5 Å². The van der Waals surface area contributed by atoms with Gasteiger partial charge in [0.2, 0.25) is 5.60 Å². The summed E-state index contributed by atoms with van der Waals surface area (Å²) >= 11 is 1.17. The summed E-state index contributed by atoms with van der Waals surface area (Å²) in [7, 11) is 1.26. The smallest absolute Gasteiger partial charge is 0.352 e. The van der Waals surface area contributed by atoms with Crippen molar-refractivity contribution in [3.05, 3.63) is 155 Å². The van der Waals surface area contributed by atoms with Gasteiger partial charge in [-0.15, -0.1) is 11.8 Å². The van der Waals surface area contributed by atoms with Gasteiger partial charge in [-0.1, -0.05) is 126 Å². The largest absolute Gasteiger partial charge is 0.477 e. The topological polar surface area (TPSA) is 144 Å². The average molecular weight is 692 g/mol. The Kier molecular flexibility index (Phi) is 9.84. The van der Waals surface area contributed by atoms with E-state index in [1.54, 1.807) is 30.3 Å². The number of fused-ring (bicyclic) bond motifs is 1. The molecule has 0 saturated carbocycles. The Labute approximate surface area is 292 Å². The molecule has 1 saturated heterocycles. The first kappa shape index (κ1) is 34.2. The number of nitrogens with one attached hydrogen (secondary N) is 1. The molecule has 11 nitrogen and oxygen atoms in total. The van der Waals surface area contributed by atoms with Crippen LogP contribution in [-0.4, -0.2) is 70.0 Å². The molecular formula is C38H33N3O8S. The maximum atomic E-state index is 14.3. The molecule has 2 atom stereocenters. The maximum Gasteiger partial charge on any atom is 0.352 e. The van der Waals surface area contributed by atoms with Gasteiger partial charge in [0.25, 0.3) is 17.5 Å². The zero-order valence-electron chi connectivity index (χ0n) is 27.1. The lowest BCUT2D eigenvalue weighted by molar-refractivity contribution is -0.191. The van der Waals surface area contributed by atoms with E-state index in [1.807, 2.05) is 91.0 Å². The van der Waals surface area contributed by atoms with Crippen molar-refractivity contribution in [3.63, 3.8) is 0 Å². The molecule has 50 heavy (non-hydrogen) atoms. The normalized spacial score (nSPS) is 18.8. The van der Waals surface area contributed by atoms with Crippen molar-refractivity contribution in [3.8, 4) is 0 Å². The van der Waals surface area contributed by atoms with Gasteiger partial charge in [0.1, 0.15) is 17.7 Å². The fourth-order valence-electron chi connectivity index (χ4n) is 6.08. The molecular weight excluding hydrogens is 658 g/mol. The Hall–Kier alpha value is -5.72. The minimum absolute atomic E-state index is 0.112. The third-order valence-corrected chi connectivity index (χ3v) is 9.83. The number of β-lactam (4-membered cyclic amide) rings is 1. The second-order valence-electron chi connectivity index (χ2n) is 11.4. The van der Waals surface area contributed by atoms with Crippen LogP contribution < -0.4 is 5.32 Å². The fourth-order valence-corrected chi connectivity index (χ4v) is 7.50. The highest BCUT2D eigenvalue weighted by molar-refractivity contribution is 8.00. The van der Waals surface area contributed by atoms with Gasteiger partial charge in [0.15, 0.2) is 5.71 Å². The number of benzene rings is 4. The Morgan fingerprint density at radius 1 is 0.880 bits per heavy atom. The molecule has 2 aliphatic heterocycles. The van der Waals surface area contributed by atoms with E-state index in [1.165, 1.54) is 25.8 Å². The molecule has 4 aromatic rings. The van der Waals surface area contributed by atoms with Crippen LogP contribution in [0.15, 0.2) is 138 Å². The molecule has 0 bridgehead atoms. The van der Waals surface area contributed by atoms with Gasteiger partial charge in [-0.2, -0.15) is 0 Å². The lowest BCUT2D eigenvalue weighted by Gasteiger charge is -2.55. The predicted octanol–water partition coefficient (Wildman–Crippen LogP) is 4.68. The Bertz CT molecular complexity index is 1860. The number of amides is 2. The number of carboxylic acids is 1. The van der Waals surface area contributed by atoms with Crippen molar-refractivity contribution in [2.75, 3.05) is 19.5 Å². The van der Waals surface area contributed by atoms with E-state index in [0.29, 0.717) is 5.56 Å². The number of hydrogen-bond acceptors (Lipinski definition) is 9. The number of ether oxygens (including phenoxy) is 2. The average Bonchev–Trinajstić information content (AvgIpc) is 3.15. The summed E-state index contributed by atoms with van der Waals surface area (Å²) in [6.45, 7) is 0.917. The van der Waals surface area contributed by atoms with E-state index in [4.69, 9.17) is 14.3 Å². The number of carbonyl (C=O) groups excluding carboxylic acids is 3. The van der Waals surface area contributed by atoms with Crippen LogP contribution in [0.25, 0.3) is 0 Å². The monoisotopic (exact) mass is 691 g/mol. The van der Waals surface area contributed by atoms with Crippen LogP contribution in [0.2, 0.25) is 0 Å². The van der Waals surface area contributed by atoms with Crippen molar-refractivity contribution in [1.82, 2.24) is 10.2 Å². The predicted molar refractivity (Wildman–Crippen MR) is 186 cm³/mol. The summed E-state index contributed by atoms with van der Waals surface area (Å²) in [6.07, 6.45) is 0. The molecule has 6 rings (SSSR count). The van der Waals surface area contributed by atoms with Gasteiger partial charge in [-0.25, -0.2) is 4.79 Å². The quantitative estimate of drug-likeness (QED) is 0.0541. The van der Waals surface area contributed by atoms with Gasteiger partial charge in [0.05, 0.1) is 0 Å². The van der Waals surface area contributed by atoms with Crippen LogP contribution in [0.5, 0.6) is 0 Å². The number of aliphatic carboxylic acids is 1. The Morgan fingerprint density at radius 2 is 1.38 bits per heavy atom. The van der Waals surface area contributed by atoms with Crippen molar-refractivity contribution in [1.29, 1.82) is 0 Å². The van der Waals surface area contributed by atoms with Crippen LogP contribution in [-0.2, 0) is 39.1 Å². The van der Waals surface area contributed by atoms with Gasteiger partial charge >= 0.3 is 11.9 Å². The molecule has 0 aliphatic carbocycles. The molecule has 4 aromatic carbocycles. The van der Waals surface area contributed by atoms with Crippen LogP contribution in [0.1, 0.15) is 29.2 Å². The first-order valence-corrected chi connectivity index (χ1v) is 16.7. The summed E-state index contributed by atoms with van der Waals surface area (Å²) in [6, 6.07) is 37.2. The van der Waals surface area contributed by atoms with Gasteiger partial charge in [-0.05, 0) is 0 Å². The number of methoxy groups -OCH3 is 1. The third-order valence-electron chi connectivity index (χ3n) is 8.46. The number of carboxylic acid groups (broad SMARTS) is 1. The van der Waals surface area contributed by atoms with Gasteiger partial charge in [0, 0.05) is 47.6 Å². The number of hydrogen-bond donors (Lipinski definition) is 2. The van der Waals surface area contributed by atoms with E-state index in [0.717, 1.165) is 21.6 Å². The first-order chi connectivity index (χ1) is 24.2. The van der Waals surface area contributed by atoms with Crippen LogP contribution in [0, 0.1) is 0 Å². The summed E-state index contributed by atoms with van der Waals surface area (Å²) in [5.74, 6) is -3.44. The summed E-state index contributed by atoms with van der Waals surface area (Å²) < 4.78 is 10.7. The highest BCUT2D eigenvalue weighted by atomic mass is 32.2. The number of nitrogens with zero attached hydrogens (tertiary/aromatic N) is 2. The summed E-state index contributed by atoms with van der Waals surface area (Å²) in [5, 5.41) is 16.4. The van der Waals surface area contributed by atoms with Crippen LogP contribution in [0.4, 0.5) is 0 Å². The molecule has 2 heterocycles. The molecule has 0 unspecified atom stereocenters. The van der Waals surface area contributed by atoms with Crippen LogP contribution >= 0.6 is 11.8 Å². The molecule has 2 N–H and O–H groups in total. The van der Waals surface area contributed by atoms with E-state index in [-0.39, 0.29) is 29.3 Å². The van der Waals surface area contributed by atoms with E-state index >= 15 is 0 Å². The second kappa shape index (κ2) is 14.4. The van der Waals surface area contributed by atoms with Gasteiger partial charge < -0.3 is 24.7 Å². The highest BCUT2D eigenvalue weighted by Gasteiger charge is 2.67. The Morgan fingerprint density at radius 3 is 1.84 bits per heavy atom. The number of rotatable bonds is 12. The standard InChI is InChI=1S/C38H33N3O8S/c1-25(42)48-23-27-24-50-36-38(47-2,35(46)41(36)32(27)34(44)45)39-33(43)31(26-15-7-3-8-16-26)40-49-37(28-17-9-4-10-18-28,29-19-11-5-12-20-29)30-21-13-6-14-22-30/h3-22,36H,23-24H2,1-2H3,(H,39,43)(H,44,45)/b40-31+/t36-,38+/m1/s1. The summed E-state index contributed by atoms with van der Waals surface area (Å²) in [4.78, 5) is 59.6. The second-order valence-corrected chi connectivity index (χ2v) is 12.5. The SMILES string of the molecule is CO[C@@]1(NC(=O)/C(=N/OC(c2ccccc2)(c2ccccc2)c2ccccc2)c2ccccc2)C(=O)N2C(C(=O)O)=C(COC(C)=O)CS[C@@H]21. The van der Waals surface area contributed by atoms with Gasteiger partial charge in [-0.3, -0.25) is 19.3 Å². The molecule has 12 heteroatoms. The lowest BCUT2D eigenvalue weighted by atomic mass is 9.80. The maximum absolute atomic E-state index is 14.3. The molecule has 1 fully saturated rings. The molecule has 254 valence electrons. The van der Waals surface area contributed by atoms with Crippen molar-refractivity contribution >= 4 is 41.2 Å². The molecule has 0 spiro atoms. The Balaban J connectivity index is 1.41. The lowest BCUT2D eigenvalue weighted by Crippen LogP contribution is -2.81. The summed E-state index contributed by atoms with van der Waals surface area (Å²) in [5.41, 5.74) is -0.793. The zero-order chi connectivity index (χ0) is 35.3. The van der Waals surface area contributed by atoms with Crippen molar-refractivity contribution in [2.24, 2.45) is 5.16 Å². The molecule has 2 amide bonds. The number of oxime groups is 1.